The molecule has 1 atom stereocenters. The number of hydrogen-bond acceptors (Lipinski definition) is 3. The van der Waals surface area contributed by atoms with Crippen molar-refractivity contribution >= 4 is 6.16 Å². The molecule has 0 aliphatic heterocycles. The van der Waals surface area contributed by atoms with Gasteiger partial charge in [-0.3, -0.25) is 0 Å². The average Bonchev–Trinajstić information content (AvgIpc) is 2.31. The van der Waals surface area contributed by atoms with Crippen molar-refractivity contribution in [3.8, 4) is 0 Å². The van der Waals surface area contributed by atoms with Gasteiger partial charge >= 0.3 is 6.16 Å². The topological polar surface area (TPSA) is 35.5 Å². The Balaban J connectivity index is 3.46. The number of unbranched alkanes of at least 4 members (excludes halogenated alkanes) is 3. The summed E-state index contributed by atoms with van der Waals surface area (Å²) in [6.07, 6.45) is 9.79. The van der Waals surface area contributed by atoms with E-state index in [4.69, 9.17) is 4.74 Å². The van der Waals surface area contributed by atoms with Gasteiger partial charge in [0.15, 0.2) is 0 Å². The third-order valence-electron chi connectivity index (χ3n) is 2.54. The molecule has 0 spiro atoms. The summed E-state index contributed by atoms with van der Waals surface area (Å²) in [7, 11) is 0. The maximum absolute atomic E-state index is 10.9. The summed E-state index contributed by atoms with van der Waals surface area (Å²) in [6.45, 7) is 6.83. The lowest BCUT2D eigenvalue weighted by Crippen LogP contribution is -2.06. The van der Waals surface area contributed by atoms with Gasteiger partial charge in [-0.15, -0.1) is 0 Å². The van der Waals surface area contributed by atoms with E-state index in [0.29, 0.717) is 19.1 Å². The minimum absolute atomic E-state index is 0.304. The van der Waals surface area contributed by atoms with Crippen LogP contribution in [-0.2, 0) is 9.47 Å². The van der Waals surface area contributed by atoms with Crippen LogP contribution in [-0.4, -0.2) is 19.4 Å². The van der Waals surface area contributed by atoms with Crippen molar-refractivity contribution < 1.29 is 14.3 Å². The predicted octanol–water partition coefficient (Wildman–Crippen LogP) is 4.32. The standard InChI is InChI=1S/C14H26O3/c1-4-6-7-8-10-13(3)11-9-12-17-14(15)16-5-2/h9,11,13H,4-8,10,12H2,1-3H3/b11-9-. The summed E-state index contributed by atoms with van der Waals surface area (Å²) in [6, 6.07) is 0. The molecule has 3 nitrogen and oxygen atoms in total. The first-order valence-corrected chi connectivity index (χ1v) is 6.66. The summed E-state index contributed by atoms with van der Waals surface area (Å²) in [4.78, 5) is 10.9. The number of hydrogen-bond donors (Lipinski definition) is 0. The molecule has 0 bridgehead atoms. The number of carbonyl (C=O) groups is 1. The van der Waals surface area contributed by atoms with Crippen LogP contribution in [0, 0.1) is 5.92 Å². The smallest absolute Gasteiger partial charge is 0.435 e. The molecule has 0 saturated heterocycles. The Bertz CT molecular complexity index is 212. The van der Waals surface area contributed by atoms with E-state index in [1.165, 1.54) is 32.1 Å². The van der Waals surface area contributed by atoms with Crippen molar-refractivity contribution in [1.82, 2.24) is 0 Å². The fourth-order valence-corrected chi connectivity index (χ4v) is 1.55. The van der Waals surface area contributed by atoms with Gasteiger partial charge in [-0.05, 0) is 19.3 Å². The van der Waals surface area contributed by atoms with Gasteiger partial charge in [0, 0.05) is 0 Å². The van der Waals surface area contributed by atoms with Crippen LogP contribution in [0.5, 0.6) is 0 Å². The van der Waals surface area contributed by atoms with E-state index >= 15 is 0 Å². The lowest BCUT2D eigenvalue weighted by molar-refractivity contribution is 0.0672. The fourth-order valence-electron chi connectivity index (χ4n) is 1.55. The second-order valence-corrected chi connectivity index (χ2v) is 4.25. The molecule has 0 aromatic heterocycles. The third kappa shape index (κ3) is 11.3. The Morgan fingerprint density at radius 3 is 2.59 bits per heavy atom. The van der Waals surface area contributed by atoms with Gasteiger partial charge in [-0.25, -0.2) is 4.79 Å². The summed E-state index contributed by atoms with van der Waals surface area (Å²) < 4.78 is 9.47. The number of carbonyl (C=O) groups excluding carboxylic acids is 1. The Morgan fingerprint density at radius 2 is 1.94 bits per heavy atom. The summed E-state index contributed by atoms with van der Waals surface area (Å²) in [5, 5.41) is 0. The molecule has 0 saturated carbocycles. The van der Waals surface area contributed by atoms with Gasteiger partial charge in [0.2, 0.25) is 0 Å². The van der Waals surface area contributed by atoms with Crippen LogP contribution in [0.4, 0.5) is 4.79 Å². The van der Waals surface area contributed by atoms with Gasteiger partial charge in [-0.2, -0.15) is 0 Å². The number of ether oxygens (including phenoxy) is 2. The molecule has 17 heavy (non-hydrogen) atoms. The highest BCUT2D eigenvalue weighted by Crippen LogP contribution is 2.11. The molecule has 0 aliphatic rings. The van der Waals surface area contributed by atoms with Gasteiger partial charge < -0.3 is 9.47 Å². The molecule has 0 fully saturated rings. The lowest BCUT2D eigenvalue weighted by atomic mass is 10.0. The van der Waals surface area contributed by atoms with Crippen molar-refractivity contribution in [3.63, 3.8) is 0 Å². The lowest BCUT2D eigenvalue weighted by Gasteiger charge is -2.05. The highest BCUT2D eigenvalue weighted by atomic mass is 16.7. The average molecular weight is 242 g/mol. The van der Waals surface area contributed by atoms with Gasteiger partial charge in [-0.1, -0.05) is 51.7 Å². The summed E-state index contributed by atoms with van der Waals surface area (Å²) in [5.74, 6) is 0.553. The Kier molecular flexibility index (Phi) is 10.8. The predicted molar refractivity (Wildman–Crippen MR) is 70.0 cm³/mol. The molecule has 0 heterocycles. The maximum atomic E-state index is 10.9. The zero-order valence-electron chi connectivity index (χ0n) is 11.4. The van der Waals surface area contributed by atoms with Crippen LogP contribution in [0.2, 0.25) is 0 Å². The van der Waals surface area contributed by atoms with Crippen LogP contribution in [0.3, 0.4) is 0 Å². The van der Waals surface area contributed by atoms with Crippen LogP contribution in [0.25, 0.3) is 0 Å². The molecule has 0 aromatic rings. The van der Waals surface area contributed by atoms with Crippen molar-refractivity contribution in [2.45, 2.75) is 52.9 Å². The molecule has 0 radical (unpaired) electrons. The Labute approximate surface area is 105 Å². The number of allylic oxidation sites excluding steroid dienone is 1. The van der Waals surface area contributed by atoms with E-state index < -0.39 is 6.16 Å². The van der Waals surface area contributed by atoms with Crippen molar-refractivity contribution in [3.05, 3.63) is 12.2 Å². The molecule has 100 valence electrons. The molecule has 0 N–H and O–H groups in total. The van der Waals surface area contributed by atoms with E-state index in [2.05, 4.69) is 24.7 Å². The van der Waals surface area contributed by atoms with Gasteiger partial charge in [0.25, 0.3) is 0 Å². The molecule has 0 rings (SSSR count). The summed E-state index contributed by atoms with van der Waals surface area (Å²) in [5.41, 5.74) is 0. The highest BCUT2D eigenvalue weighted by molar-refractivity contribution is 5.59. The molecule has 1 unspecified atom stereocenters. The van der Waals surface area contributed by atoms with Crippen LogP contribution >= 0.6 is 0 Å². The van der Waals surface area contributed by atoms with Crippen LogP contribution in [0.1, 0.15) is 52.9 Å². The van der Waals surface area contributed by atoms with Crippen LogP contribution in [0.15, 0.2) is 12.2 Å². The van der Waals surface area contributed by atoms with E-state index in [-0.39, 0.29) is 0 Å². The van der Waals surface area contributed by atoms with E-state index in [1.54, 1.807) is 6.92 Å². The largest absolute Gasteiger partial charge is 0.508 e. The third-order valence-corrected chi connectivity index (χ3v) is 2.54. The first kappa shape index (κ1) is 16.0. The molecule has 0 aromatic carbocycles. The maximum Gasteiger partial charge on any atom is 0.508 e. The highest BCUT2D eigenvalue weighted by Gasteiger charge is 2.00. The molecular formula is C14H26O3. The van der Waals surface area contributed by atoms with Gasteiger partial charge in [0.1, 0.15) is 6.61 Å². The van der Waals surface area contributed by atoms with E-state index in [9.17, 15) is 4.79 Å². The normalized spacial score (nSPS) is 12.6. The quantitative estimate of drug-likeness (QED) is 0.343. The van der Waals surface area contributed by atoms with Crippen molar-refractivity contribution in [1.29, 1.82) is 0 Å². The minimum Gasteiger partial charge on any atom is -0.435 e. The minimum atomic E-state index is -0.590. The fraction of sp³-hybridized carbons (Fsp3) is 0.786. The Hall–Kier alpha value is -0.990. The van der Waals surface area contributed by atoms with E-state index in [1.807, 2.05) is 6.08 Å². The molecule has 0 amide bonds. The second-order valence-electron chi connectivity index (χ2n) is 4.25. The second kappa shape index (κ2) is 11.5. The molecular weight excluding hydrogens is 216 g/mol. The van der Waals surface area contributed by atoms with Gasteiger partial charge in [0.05, 0.1) is 6.61 Å². The first-order valence-electron chi connectivity index (χ1n) is 6.66. The zero-order valence-corrected chi connectivity index (χ0v) is 11.4. The summed E-state index contributed by atoms with van der Waals surface area (Å²) >= 11 is 0. The van der Waals surface area contributed by atoms with Crippen molar-refractivity contribution in [2.24, 2.45) is 5.92 Å². The first-order chi connectivity index (χ1) is 8.20. The molecule has 3 heteroatoms. The monoisotopic (exact) mass is 242 g/mol. The van der Waals surface area contributed by atoms with E-state index in [0.717, 1.165) is 0 Å². The number of rotatable bonds is 9. The Morgan fingerprint density at radius 1 is 1.18 bits per heavy atom. The van der Waals surface area contributed by atoms with Crippen LogP contribution < -0.4 is 0 Å². The SMILES string of the molecule is CCCCCCC(C)/C=C\COC(=O)OCC. The van der Waals surface area contributed by atoms with Crippen molar-refractivity contribution in [2.75, 3.05) is 13.2 Å². The molecule has 0 aliphatic carbocycles. The zero-order chi connectivity index (χ0) is 12.9.